The standard InChI is InChI=1S/C24H25NO6/c1-4-7-17-10-11-20(22(12-17)28-3)29-15-24(27)30-14-23(26)25-16(2)21-13-18-8-5-6-9-19(18)31-21/h4-13,16H,14-15H2,1-3H3,(H,25,26)/b7-4+/t16-/m1/s1. The fourth-order valence-electron chi connectivity index (χ4n) is 2.99. The zero-order valence-electron chi connectivity index (χ0n) is 17.7. The zero-order valence-corrected chi connectivity index (χ0v) is 17.7. The van der Waals surface area contributed by atoms with Crippen molar-refractivity contribution >= 4 is 28.9 Å². The molecule has 0 bridgehead atoms. The van der Waals surface area contributed by atoms with Gasteiger partial charge in [-0.05, 0) is 43.7 Å². The number of nitrogens with one attached hydrogen (secondary N) is 1. The van der Waals surface area contributed by atoms with E-state index in [1.165, 1.54) is 7.11 Å². The molecular formula is C24H25NO6. The third-order valence-corrected chi connectivity index (χ3v) is 4.51. The molecule has 1 N–H and O–H groups in total. The van der Waals surface area contributed by atoms with Crippen LogP contribution in [0.3, 0.4) is 0 Å². The van der Waals surface area contributed by atoms with Crippen molar-refractivity contribution in [3.63, 3.8) is 0 Å². The smallest absolute Gasteiger partial charge is 0.344 e. The first kappa shape index (κ1) is 22.0. The zero-order chi connectivity index (χ0) is 22.2. The summed E-state index contributed by atoms with van der Waals surface area (Å²) in [6.07, 6.45) is 3.83. The Labute approximate surface area is 180 Å². The van der Waals surface area contributed by atoms with Crippen LogP contribution in [0.1, 0.15) is 31.2 Å². The van der Waals surface area contributed by atoms with Crippen molar-refractivity contribution in [2.45, 2.75) is 19.9 Å². The summed E-state index contributed by atoms with van der Waals surface area (Å²) in [6, 6.07) is 14.4. The first-order valence-electron chi connectivity index (χ1n) is 9.87. The molecule has 1 heterocycles. The minimum atomic E-state index is -0.661. The predicted molar refractivity (Wildman–Crippen MR) is 117 cm³/mol. The number of rotatable bonds is 9. The minimum Gasteiger partial charge on any atom is -0.493 e. The van der Waals surface area contributed by atoms with Gasteiger partial charge in [0, 0.05) is 5.39 Å². The monoisotopic (exact) mass is 423 g/mol. The van der Waals surface area contributed by atoms with Gasteiger partial charge in [-0.2, -0.15) is 0 Å². The molecule has 0 fully saturated rings. The average molecular weight is 423 g/mol. The highest BCUT2D eigenvalue weighted by atomic mass is 16.6. The quantitative estimate of drug-likeness (QED) is 0.517. The predicted octanol–water partition coefficient (Wildman–Crippen LogP) is 4.27. The van der Waals surface area contributed by atoms with Gasteiger partial charge in [0.1, 0.15) is 11.3 Å². The summed E-state index contributed by atoms with van der Waals surface area (Å²) in [5.41, 5.74) is 1.70. The molecule has 0 aliphatic heterocycles. The molecule has 162 valence electrons. The van der Waals surface area contributed by atoms with E-state index in [4.69, 9.17) is 18.6 Å². The molecule has 31 heavy (non-hydrogen) atoms. The van der Waals surface area contributed by atoms with Gasteiger partial charge in [-0.25, -0.2) is 4.79 Å². The van der Waals surface area contributed by atoms with Crippen molar-refractivity contribution in [3.05, 3.63) is 65.9 Å². The Balaban J connectivity index is 1.46. The van der Waals surface area contributed by atoms with Gasteiger partial charge in [0.05, 0.1) is 13.2 Å². The number of ether oxygens (including phenoxy) is 3. The van der Waals surface area contributed by atoms with E-state index in [9.17, 15) is 9.59 Å². The molecule has 0 spiro atoms. The first-order valence-corrected chi connectivity index (χ1v) is 9.87. The van der Waals surface area contributed by atoms with Crippen molar-refractivity contribution in [2.75, 3.05) is 20.3 Å². The van der Waals surface area contributed by atoms with Crippen LogP contribution in [0.15, 0.2) is 59.0 Å². The number of para-hydroxylation sites is 1. The molecule has 7 nitrogen and oxygen atoms in total. The van der Waals surface area contributed by atoms with Crippen LogP contribution in [0.25, 0.3) is 17.0 Å². The van der Waals surface area contributed by atoms with Crippen LogP contribution in [0.5, 0.6) is 11.5 Å². The maximum absolute atomic E-state index is 12.1. The Morgan fingerprint density at radius 2 is 1.90 bits per heavy atom. The Morgan fingerprint density at radius 3 is 2.65 bits per heavy atom. The van der Waals surface area contributed by atoms with Crippen LogP contribution >= 0.6 is 0 Å². The lowest BCUT2D eigenvalue weighted by atomic mass is 10.2. The molecule has 0 unspecified atom stereocenters. The second-order valence-electron chi connectivity index (χ2n) is 6.84. The number of furan rings is 1. The molecule has 1 atom stereocenters. The number of benzene rings is 2. The number of fused-ring (bicyclic) bond motifs is 1. The number of carbonyl (C=O) groups is 2. The fraction of sp³-hybridized carbons (Fsp3) is 0.250. The Kier molecular flexibility index (Phi) is 7.32. The third-order valence-electron chi connectivity index (χ3n) is 4.51. The summed E-state index contributed by atoms with van der Waals surface area (Å²) < 4.78 is 21.5. The van der Waals surface area contributed by atoms with E-state index < -0.39 is 18.5 Å². The van der Waals surface area contributed by atoms with Gasteiger partial charge in [-0.3, -0.25) is 4.79 Å². The largest absolute Gasteiger partial charge is 0.493 e. The number of amides is 1. The van der Waals surface area contributed by atoms with Gasteiger partial charge in [-0.15, -0.1) is 0 Å². The highest BCUT2D eigenvalue weighted by molar-refractivity contribution is 5.82. The lowest BCUT2D eigenvalue weighted by Crippen LogP contribution is -2.31. The lowest BCUT2D eigenvalue weighted by Gasteiger charge is -2.13. The van der Waals surface area contributed by atoms with Crippen molar-refractivity contribution in [1.82, 2.24) is 5.32 Å². The molecule has 3 rings (SSSR count). The molecule has 2 aromatic carbocycles. The molecule has 0 aliphatic rings. The molecule has 0 saturated heterocycles. The highest BCUT2D eigenvalue weighted by Crippen LogP contribution is 2.28. The molecule has 1 amide bonds. The van der Waals surface area contributed by atoms with Gasteiger partial charge in [-0.1, -0.05) is 36.4 Å². The Hall–Kier alpha value is -3.74. The van der Waals surface area contributed by atoms with Crippen molar-refractivity contribution in [2.24, 2.45) is 0 Å². The number of hydrogen-bond acceptors (Lipinski definition) is 6. The molecule has 1 aromatic heterocycles. The minimum absolute atomic E-state index is 0.342. The molecular weight excluding hydrogens is 398 g/mol. The van der Waals surface area contributed by atoms with Gasteiger partial charge in [0.2, 0.25) is 0 Å². The van der Waals surface area contributed by atoms with Crippen LogP contribution in [-0.2, 0) is 14.3 Å². The van der Waals surface area contributed by atoms with E-state index in [1.807, 2.05) is 55.5 Å². The van der Waals surface area contributed by atoms with E-state index in [1.54, 1.807) is 19.1 Å². The SMILES string of the molecule is C/C=C/c1ccc(OCC(=O)OCC(=O)N[C@H](C)c2cc3ccccc3o2)c(OC)c1. The van der Waals surface area contributed by atoms with Crippen molar-refractivity contribution in [3.8, 4) is 11.5 Å². The average Bonchev–Trinajstić information content (AvgIpc) is 3.21. The van der Waals surface area contributed by atoms with Crippen LogP contribution < -0.4 is 14.8 Å². The van der Waals surface area contributed by atoms with E-state index in [0.29, 0.717) is 17.3 Å². The van der Waals surface area contributed by atoms with E-state index in [-0.39, 0.29) is 12.6 Å². The maximum Gasteiger partial charge on any atom is 0.344 e. The topological polar surface area (TPSA) is 87.0 Å². The van der Waals surface area contributed by atoms with Crippen LogP contribution in [0.2, 0.25) is 0 Å². The first-order chi connectivity index (χ1) is 15.0. The second kappa shape index (κ2) is 10.3. The molecule has 7 heteroatoms. The maximum atomic E-state index is 12.1. The van der Waals surface area contributed by atoms with Crippen molar-refractivity contribution in [1.29, 1.82) is 0 Å². The summed E-state index contributed by atoms with van der Waals surface area (Å²) in [5, 5.41) is 3.70. The Bertz CT molecular complexity index is 1050. The summed E-state index contributed by atoms with van der Waals surface area (Å²) in [5.74, 6) is 0.440. The van der Waals surface area contributed by atoms with Gasteiger partial charge in [0.15, 0.2) is 24.7 Å². The van der Waals surface area contributed by atoms with Crippen LogP contribution in [-0.4, -0.2) is 32.2 Å². The molecule has 3 aromatic rings. The third kappa shape index (κ3) is 5.88. The summed E-state index contributed by atoms with van der Waals surface area (Å²) in [4.78, 5) is 24.1. The summed E-state index contributed by atoms with van der Waals surface area (Å²) >= 11 is 0. The normalized spacial score (nSPS) is 12.0. The molecule has 0 radical (unpaired) electrons. The van der Waals surface area contributed by atoms with Crippen LogP contribution in [0.4, 0.5) is 0 Å². The molecule has 0 aliphatic carbocycles. The molecule has 0 saturated carbocycles. The second-order valence-corrected chi connectivity index (χ2v) is 6.84. The number of carbonyl (C=O) groups excluding carboxylic acids is 2. The summed E-state index contributed by atoms with van der Waals surface area (Å²) in [7, 11) is 1.52. The number of allylic oxidation sites excluding steroid dienone is 1. The van der Waals surface area contributed by atoms with Crippen LogP contribution in [0, 0.1) is 0 Å². The fourth-order valence-corrected chi connectivity index (χ4v) is 2.99. The van der Waals surface area contributed by atoms with Gasteiger partial charge in [0.25, 0.3) is 5.91 Å². The van der Waals surface area contributed by atoms with Crippen molar-refractivity contribution < 1.29 is 28.2 Å². The van der Waals surface area contributed by atoms with E-state index in [2.05, 4.69) is 5.32 Å². The number of esters is 1. The van der Waals surface area contributed by atoms with E-state index >= 15 is 0 Å². The Morgan fingerprint density at radius 1 is 1.10 bits per heavy atom. The van der Waals surface area contributed by atoms with E-state index in [0.717, 1.165) is 16.5 Å². The number of hydrogen-bond donors (Lipinski definition) is 1. The number of methoxy groups -OCH3 is 1. The lowest BCUT2D eigenvalue weighted by molar-refractivity contribution is -0.150. The summed E-state index contributed by atoms with van der Waals surface area (Å²) in [6.45, 7) is 2.96. The van der Waals surface area contributed by atoms with Gasteiger partial charge >= 0.3 is 5.97 Å². The van der Waals surface area contributed by atoms with Gasteiger partial charge < -0.3 is 23.9 Å². The highest BCUT2D eigenvalue weighted by Gasteiger charge is 2.16.